The van der Waals surface area contributed by atoms with E-state index in [1.54, 1.807) is 24.3 Å². The van der Waals surface area contributed by atoms with E-state index in [1.165, 1.54) is 15.6 Å². The van der Waals surface area contributed by atoms with Crippen LogP contribution in [0.4, 0.5) is 11.4 Å². The third-order valence-corrected chi connectivity index (χ3v) is 7.63. The van der Waals surface area contributed by atoms with E-state index in [1.807, 2.05) is 4.90 Å². The van der Waals surface area contributed by atoms with E-state index in [9.17, 15) is 13.2 Å². The van der Waals surface area contributed by atoms with Crippen molar-refractivity contribution in [3.05, 3.63) is 59.7 Å². The number of hydrogen-bond acceptors (Lipinski definition) is 4. The van der Waals surface area contributed by atoms with Crippen LogP contribution in [-0.2, 0) is 10.0 Å². The molecule has 2 saturated heterocycles. The van der Waals surface area contributed by atoms with Gasteiger partial charge in [0.1, 0.15) is 0 Å². The van der Waals surface area contributed by atoms with Gasteiger partial charge in [0.15, 0.2) is 0 Å². The molecule has 2 aliphatic rings. The standard InChI is InChI=1S/C22H27N3O3S/c1-17-7-9-20(10-8-17)24-13-12-23(16-18(24)2)22(26)19-5-3-6-21(15-19)25-11-4-14-29(25,27)28/h3,5-10,15,18H,4,11-14,16H2,1-2H3/t18-/m0/s1. The van der Waals surface area contributed by atoms with Gasteiger partial charge in [-0.2, -0.15) is 0 Å². The summed E-state index contributed by atoms with van der Waals surface area (Å²) in [5.41, 5.74) is 3.53. The smallest absolute Gasteiger partial charge is 0.254 e. The quantitative estimate of drug-likeness (QED) is 0.776. The van der Waals surface area contributed by atoms with Gasteiger partial charge >= 0.3 is 0 Å². The highest BCUT2D eigenvalue weighted by Gasteiger charge is 2.30. The summed E-state index contributed by atoms with van der Waals surface area (Å²) in [7, 11) is -3.26. The number of carbonyl (C=O) groups is 1. The van der Waals surface area contributed by atoms with Crippen LogP contribution >= 0.6 is 0 Å². The molecule has 0 bridgehead atoms. The van der Waals surface area contributed by atoms with Crippen LogP contribution in [0.15, 0.2) is 48.5 Å². The summed E-state index contributed by atoms with van der Waals surface area (Å²) in [5, 5.41) is 0. The number of hydrogen-bond donors (Lipinski definition) is 0. The Morgan fingerprint density at radius 2 is 1.76 bits per heavy atom. The highest BCUT2D eigenvalue weighted by atomic mass is 32.2. The number of amides is 1. The molecular weight excluding hydrogens is 386 g/mol. The fourth-order valence-electron chi connectivity index (χ4n) is 4.17. The van der Waals surface area contributed by atoms with Crippen molar-refractivity contribution < 1.29 is 13.2 Å². The molecule has 2 heterocycles. The van der Waals surface area contributed by atoms with E-state index in [4.69, 9.17) is 0 Å². The highest BCUT2D eigenvalue weighted by Crippen LogP contribution is 2.26. The van der Waals surface area contributed by atoms with Gasteiger partial charge in [0.2, 0.25) is 10.0 Å². The number of anilines is 2. The molecule has 154 valence electrons. The van der Waals surface area contributed by atoms with E-state index in [-0.39, 0.29) is 17.7 Å². The molecule has 0 aromatic heterocycles. The molecule has 2 fully saturated rings. The fourth-order valence-corrected chi connectivity index (χ4v) is 5.72. The van der Waals surface area contributed by atoms with Crippen LogP contribution in [0.25, 0.3) is 0 Å². The zero-order chi connectivity index (χ0) is 20.6. The van der Waals surface area contributed by atoms with Crippen LogP contribution in [-0.4, -0.2) is 57.2 Å². The van der Waals surface area contributed by atoms with Crippen molar-refractivity contribution in [2.24, 2.45) is 0 Å². The minimum Gasteiger partial charge on any atom is -0.365 e. The minimum absolute atomic E-state index is 0.0427. The summed E-state index contributed by atoms with van der Waals surface area (Å²) >= 11 is 0. The SMILES string of the molecule is Cc1ccc(N2CCN(C(=O)c3cccc(N4CCCS4(=O)=O)c3)C[C@@H]2C)cc1. The third kappa shape index (κ3) is 3.96. The molecule has 2 aliphatic heterocycles. The second-order valence-electron chi connectivity index (χ2n) is 7.92. The van der Waals surface area contributed by atoms with Crippen molar-refractivity contribution in [3.63, 3.8) is 0 Å². The molecule has 7 heteroatoms. The first-order valence-electron chi connectivity index (χ1n) is 10.1. The first-order chi connectivity index (χ1) is 13.8. The van der Waals surface area contributed by atoms with Crippen LogP contribution in [0, 0.1) is 6.92 Å². The Hall–Kier alpha value is -2.54. The molecule has 2 aromatic carbocycles. The van der Waals surface area contributed by atoms with Gasteiger partial charge in [-0.25, -0.2) is 8.42 Å². The molecular formula is C22H27N3O3S. The molecule has 0 N–H and O–H groups in total. The maximum absolute atomic E-state index is 13.1. The maximum Gasteiger partial charge on any atom is 0.254 e. The molecule has 1 amide bonds. The van der Waals surface area contributed by atoms with Gasteiger partial charge < -0.3 is 9.80 Å². The number of sulfonamides is 1. The van der Waals surface area contributed by atoms with Crippen molar-refractivity contribution in [1.29, 1.82) is 0 Å². The minimum atomic E-state index is -3.26. The second kappa shape index (κ2) is 7.71. The second-order valence-corrected chi connectivity index (χ2v) is 9.93. The molecule has 0 spiro atoms. The van der Waals surface area contributed by atoms with Crippen LogP contribution in [0.3, 0.4) is 0 Å². The lowest BCUT2D eigenvalue weighted by atomic mass is 10.1. The first kappa shape index (κ1) is 19.8. The summed E-state index contributed by atoms with van der Waals surface area (Å²) in [4.78, 5) is 17.3. The summed E-state index contributed by atoms with van der Waals surface area (Å²) < 4.78 is 25.8. The summed E-state index contributed by atoms with van der Waals surface area (Å²) in [5.74, 6) is 0.128. The fraction of sp³-hybridized carbons (Fsp3) is 0.409. The average molecular weight is 414 g/mol. The van der Waals surface area contributed by atoms with Crippen molar-refractivity contribution >= 4 is 27.3 Å². The average Bonchev–Trinajstić information content (AvgIpc) is 3.07. The highest BCUT2D eigenvalue weighted by molar-refractivity contribution is 7.93. The van der Waals surface area contributed by atoms with Crippen LogP contribution in [0.2, 0.25) is 0 Å². The van der Waals surface area contributed by atoms with Crippen LogP contribution in [0.1, 0.15) is 29.3 Å². The molecule has 0 saturated carbocycles. The third-order valence-electron chi connectivity index (χ3n) is 5.76. The molecule has 1 atom stereocenters. The molecule has 29 heavy (non-hydrogen) atoms. The summed E-state index contributed by atoms with van der Waals surface area (Å²) in [6.07, 6.45) is 0.624. The summed E-state index contributed by atoms with van der Waals surface area (Å²) in [6, 6.07) is 15.7. The van der Waals surface area contributed by atoms with E-state index in [0.29, 0.717) is 37.3 Å². The van der Waals surface area contributed by atoms with Crippen molar-refractivity contribution in [2.75, 3.05) is 41.1 Å². The molecule has 4 rings (SSSR count). The van der Waals surface area contributed by atoms with Crippen LogP contribution in [0.5, 0.6) is 0 Å². The Bertz CT molecular complexity index is 1000. The van der Waals surface area contributed by atoms with E-state index >= 15 is 0 Å². The molecule has 0 aliphatic carbocycles. The Labute approximate surface area is 172 Å². The van der Waals surface area contributed by atoms with Gasteiger partial charge in [0.25, 0.3) is 5.91 Å². The number of nitrogens with zero attached hydrogens (tertiary/aromatic N) is 3. The lowest BCUT2D eigenvalue weighted by molar-refractivity contribution is 0.0726. The van der Waals surface area contributed by atoms with Crippen molar-refractivity contribution in [1.82, 2.24) is 4.90 Å². The predicted molar refractivity (Wildman–Crippen MR) is 116 cm³/mol. The largest absolute Gasteiger partial charge is 0.365 e. The first-order valence-corrected chi connectivity index (χ1v) is 11.7. The number of piperazine rings is 1. The van der Waals surface area contributed by atoms with Crippen LogP contribution < -0.4 is 9.21 Å². The van der Waals surface area contributed by atoms with E-state index in [2.05, 4.69) is 43.0 Å². The predicted octanol–water partition coefficient (Wildman–Crippen LogP) is 2.89. The molecule has 0 unspecified atom stereocenters. The van der Waals surface area contributed by atoms with Gasteiger partial charge in [0, 0.05) is 43.5 Å². The molecule has 2 aromatic rings. The van der Waals surface area contributed by atoms with Gasteiger partial charge in [0.05, 0.1) is 11.4 Å². The number of benzene rings is 2. The van der Waals surface area contributed by atoms with Crippen molar-refractivity contribution in [3.8, 4) is 0 Å². The number of rotatable bonds is 3. The Balaban J connectivity index is 1.48. The Morgan fingerprint density at radius 3 is 2.41 bits per heavy atom. The molecule has 6 nitrogen and oxygen atoms in total. The summed E-state index contributed by atoms with van der Waals surface area (Å²) in [6.45, 7) is 6.74. The van der Waals surface area contributed by atoms with Gasteiger partial charge in [-0.15, -0.1) is 0 Å². The van der Waals surface area contributed by atoms with E-state index in [0.717, 1.165) is 6.54 Å². The van der Waals surface area contributed by atoms with Gasteiger partial charge in [-0.05, 0) is 50.6 Å². The van der Waals surface area contributed by atoms with Crippen molar-refractivity contribution in [2.45, 2.75) is 26.3 Å². The zero-order valence-corrected chi connectivity index (χ0v) is 17.7. The number of aryl methyl sites for hydroxylation is 1. The monoisotopic (exact) mass is 413 g/mol. The Kier molecular flexibility index (Phi) is 5.25. The number of carbonyl (C=O) groups excluding carboxylic acids is 1. The maximum atomic E-state index is 13.1. The topological polar surface area (TPSA) is 60.9 Å². The van der Waals surface area contributed by atoms with Gasteiger partial charge in [-0.1, -0.05) is 23.8 Å². The Morgan fingerprint density at radius 1 is 1.00 bits per heavy atom. The zero-order valence-electron chi connectivity index (χ0n) is 16.9. The normalized spacial score (nSPS) is 21.4. The van der Waals surface area contributed by atoms with E-state index < -0.39 is 10.0 Å². The lowest BCUT2D eigenvalue weighted by Gasteiger charge is -2.41. The van der Waals surface area contributed by atoms with Gasteiger partial charge in [-0.3, -0.25) is 9.10 Å². The lowest BCUT2D eigenvalue weighted by Crippen LogP contribution is -2.53. The molecule has 0 radical (unpaired) electrons.